The van der Waals surface area contributed by atoms with Crippen molar-refractivity contribution in [1.82, 2.24) is 0 Å². The fraction of sp³-hybridized carbons (Fsp3) is 0.714. The van der Waals surface area contributed by atoms with Gasteiger partial charge < -0.3 is 9.84 Å². The van der Waals surface area contributed by atoms with Crippen LogP contribution in [0.2, 0.25) is 0 Å². The summed E-state index contributed by atoms with van der Waals surface area (Å²) in [6.07, 6.45) is 1.83. The van der Waals surface area contributed by atoms with Crippen molar-refractivity contribution < 1.29 is 9.84 Å². The molecular weight excluding hydrogens is 116 g/mol. The van der Waals surface area contributed by atoms with Crippen LogP contribution in [0, 0.1) is 5.92 Å². The Kier molecular flexibility index (Phi) is 5.57. The van der Waals surface area contributed by atoms with Crippen LogP contribution in [0.5, 0.6) is 0 Å². The summed E-state index contributed by atoms with van der Waals surface area (Å²) >= 11 is 0. The molecule has 0 aliphatic rings. The standard InChI is InChI=1S/C7H14O2/c1-3-7(2)6-9-5-4-8/h3,7-8H,1,4-6H2,2H3. The minimum Gasteiger partial charge on any atom is -0.394 e. The van der Waals surface area contributed by atoms with E-state index in [1.54, 1.807) is 0 Å². The maximum absolute atomic E-state index is 8.30. The van der Waals surface area contributed by atoms with Gasteiger partial charge in [0.2, 0.25) is 0 Å². The zero-order valence-corrected chi connectivity index (χ0v) is 5.84. The Morgan fingerprint density at radius 1 is 1.78 bits per heavy atom. The molecule has 0 aromatic rings. The van der Waals surface area contributed by atoms with Gasteiger partial charge in [0.1, 0.15) is 0 Å². The van der Waals surface area contributed by atoms with Crippen LogP contribution in [-0.4, -0.2) is 24.9 Å². The lowest BCUT2D eigenvalue weighted by molar-refractivity contribution is 0.0802. The van der Waals surface area contributed by atoms with Crippen LogP contribution in [0.15, 0.2) is 12.7 Å². The molecular formula is C7H14O2. The molecule has 0 rings (SSSR count). The van der Waals surface area contributed by atoms with Gasteiger partial charge in [-0.25, -0.2) is 0 Å². The fourth-order valence-electron chi connectivity index (χ4n) is 0.402. The molecule has 9 heavy (non-hydrogen) atoms. The lowest BCUT2D eigenvalue weighted by atomic mass is 10.2. The Hall–Kier alpha value is -0.340. The average Bonchev–Trinajstić information content (AvgIpc) is 1.89. The van der Waals surface area contributed by atoms with E-state index in [9.17, 15) is 0 Å². The van der Waals surface area contributed by atoms with Crippen molar-refractivity contribution in [2.75, 3.05) is 19.8 Å². The maximum Gasteiger partial charge on any atom is 0.0697 e. The van der Waals surface area contributed by atoms with Gasteiger partial charge in [0.25, 0.3) is 0 Å². The van der Waals surface area contributed by atoms with E-state index in [4.69, 9.17) is 9.84 Å². The molecule has 0 amide bonds. The molecule has 0 radical (unpaired) electrons. The number of hydrogen-bond donors (Lipinski definition) is 1. The van der Waals surface area contributed by atoms with Crippen molar-refractivity contribution >= 4 is 0 Å². The second-order valence-electron chi connectivity index (χ2n) is 2.01. The van der Waals surface area contributed by atoms with Crippen molar-refractivity contribution in [3.05, 3.63) is 12.7 Å². The topological polar surface area (TPSA) is 29.5 Å². The zero-order chi connectivity index (χ0) is 7.11. The number of hydrogen-bond acceptors (Lipinski definition) is 2. The Balaban J connectivity index is 2.96. The van der Waals surface area contributed by atoms with E-state index < -0.39 is 0 Å². The molecule has 2 heteroatoms. The summed E-state index contributed by atoms with van der Waals surface area (Å²) < 4.78 is 5.01. The molecule has 0 aliphatic heterocycles. The molecule has 0 aromatic carbocycles. The highest BCUT2D eigenvalue weighted by molar-refractivity contribution is 4.73. The summed E-state index contributed by atoms with van der Waals surface area (Å²) in [7, 11) is 0. The normalized spacial score (nSPS) is 13.1. The molecule has 54 valence electrons. The highest BCUT2D eigenvalue weighted by Gasteiger charge is 1.93. The quantitative estimate of drug-likeness (QED) is 0.441. The Morgan fingerprint density at radius 3 is 2.89 bits per heavy atom. The molecule has 0 spiro atoms. The molecule has 0 aromatic heterocycles. The van der Waals surface area contributed by atoms with Gasteiger partial charge in [0, 0.05) is 0 Å². The molecule has 0 saturated carbocycles. The third-order valence-corrected chi connectivity index (χ3v) is 1.02. The summed E-state index contributed by atoms with van der Waals surface area (Å²) in [6.45, 7) is 6.80. The van der Waals surface area contributed by atoms with Crippen molar-refractivity contribution in [3.8, 4) is 0 Å². The molecule has 0 fully saturated rings. The van der Waals surface area contributed by atoms with Gasteiger partial charge in [-0.2, -0.15) is 0 Å². The van der Waals surface area contributed by atoms with E-state index in [1.165, 1.54) is 0 Å². The Labute approximate surface area is 56.1 Å². The van der Waals surface area contributed by atoms with E-state index in [2.05, 4.69) is 6.58 Å². The van der Waals surface area contributed by atoms with Crippen LogP contribution in [-0.2, 0) is 4.74 Å². The molecule has 0 aliphatic carbocycles. The van der Waals surface area contributed by atoms with Gasteiger partial charge in [0.05, 0.1) is 19.8 Å². The van der Waals surface area contributed by atoms with Crippen molar-refractivity contribution in [3.63, 3.8) is 0 Å². The summed E-state index contributed by atoms with van der Waals surface area (Å²) in [4.78, 5) is 0. The monoisotopic (exact) mass is 130 g/mol. The summed E-state index contributed by atoms with van der Waals surface area (Å²) in [5.74, 6) is 0.386. The van der Waals surface area contributed by atoms with Crippen LogP contribution >= 0.6 is 0 Å². The highest BCUT2D eigenvalue weighted by atomic mass is 16.5. The van der Waals surface area contributed by atoms with E-state index in [0.29, 0.717) is 19.1 Å². The first-order valence-electron chi connectivity index (χ1n) is 3.12. The van der Waals surface area contributed by atoms with Gasteiger partial charge in [-0.05, 0) is 5.92 Å². The molecule has 1 atom stereocenters. The predicted molar refractivity (Wildman–Crippen MR) is 37.3 cm³/mol. The lowest BCUT2D eigenvalue weighted by Crippen LogP contribution is -2.06. The summed E-state index contributed by atoms with van der Waals surface area (Å²) in [5.41, 5.74) is 0. The van der Waals surface area contributed by atoms with Crippen molar-refractivity contribution in [2.24, 2.45) is 5.92 Å². The first-order chi connectivity index (χ1) is 4.31. The van der Waals surface area contributed by atoms with Gasteiger partial charge in [-0.3, -0.25) is 0 Å². The summed E-state index contributed by atoms with van der Waals surface area (Å²) in [6, 6.07) is 0. The van der Waals surface area contributed by atoms with Crippen molar-refractivity contribution in [2.45, 2.75) is 6.92 Å². The highest BCUT2D eigenvalue weighted by Crippen LogP contribution is 1.94. The third kappa shape index (κ3) is 5.53. The third-order valence-electron chi connectivity index (χ3n) is 1.02. The number of ether oxygens (including phenoxy) is 1. The van der Waals surface area contributed by atoms with Gasteiger partial charge in [-0.15, -0.1) is 6.58 Å². The second-order valence-corrected chi connectivity index (χ2v) is 2.01. The van der Waals surface area contributed by atoms with E-state index >= 15 is 0 Å². The first-order valence-corrected chi connectivity index (χ1v) is 3.12. The van der Waals surface area contributed by atoms with E-state index in [1.807, 2.05) is 13.0 Å². The molecule has 1 N–H and O–H groups in total. The van der Waals surface area contributed by atoms with Crippen LogP contribution in [0.25, 0.3) is 0 Å². The van der Waals surface area contributed by atoms with Crippen LogP contribution in [0.4, 0.5) is 0 Å². The van der Waals surface area contributed by atoms with Gasteiger partial charge in [0.15, 0.2) is 0 Å². The second kappa shape index (κ2) is 5.79. The minimum absolute atomic E-state index is 0.101. The van der Waals surface area contributed by atoms with Gasteiger partial charge in [-0.1, -0.05) is 13.0 Å². The number of aliphatic hydroxyl groups excluding tert-OH is 1. The van der Waals surface area contributed by atoms with Crippen molar-refractivity contribution in [1.29, 1.82) is 0 Å². The van der Waals surface area contributed by atoms with E-state index in [0.717, 1.165) is 0 Å². The largest absolute Gasteiger partial charge is 0.394 e. The average molecular weight is 130 g/mol. The van der Waals surface area contributed by atoms with Crippen LogP contribution < -0.4 is 0 Å². The number of aliphatic hydroxyl groups is 1. The zero-order valence-electron chi connectivity index (χ0n) is 5.84. The predicted octanol–water partition coefficient (Wildman–Crippen LogP) is 0.817. The van der Waals surface area contributed by atoms with Gasteiger partial charge >= 0.3 is 0 Å². The minimum atomic E-state index is 0.101. The first kappa shape index (κ1) is 8.66. The Bertz CT molecular complexity index is 71.3. The molecule has 0 heterocycles. The smallest absolute Gasteiger partial charge is 0.0697 e. The maximum atomic E-state index is 8.30. The lowest BCUT2D eigenvalue weighted by Gasteiger charge is -2.04. The van der Waals surface area contributed by atoms with Crippen LogP contribution in [0.3, 0.4) is 0 Å². The fourth-order valence-corrected chi connectivity index (χ4v) is 0.402. The molecule has 2 nitrogen and oxygen atoms in total. The SMILES string of the molecule is C=CC(C)COCCO. The molecule has 0 bridgehead atoms. The van der Waals surface area contributed by atoms with E-state index in [-0.39, 0.29) is 6.61 Å². The summed E-state index contributed by atoms with van der Waals surface area (Å²) in [5, 5.41) is 8.30. The van der Waals surface area contributed by atoms with Crippen LogP contribution in [0.1, 0.15) is 6.92 Å². The molecule has 0 saturated heterocycles. The Morgan fingerprint density at radius 2 is 2.44 bits per heavy atom. The molecule has 1 unspecified atom stereocenters. The number of rotatable bonds is 5.